The molecule has 94 valence electrons. The zero-order chi connectivity index (χ0) is 13.1. The molecule has 0 fully saturated rings. The molecule has 0 aliphatic rings. The lowest BCUT2D eigenvalue weighted by molar-refractivity contribution is 0.102. The van der Waals surface area contributed by atoms with Crippen LogP contribution in [0.2, 0.25) is 0 Å². The Morgan fingerprint density at radius 1 is 1.39 bits per heavy atom. The second-order valence-electron chi connectivity index (χ2n) is 3.42. The van der Waals surface area contributed by atoms with Gasteiger partial charge in [-0.15, -0.1) is 0 Å². The number of aromatic hydroxyl groups is 1. The van der Waals surface area contributed by atoms with E-state index in [1.165, 1.54) is 24.3 Å². The van der Waals surface area contributed by atoms with Crippen molar-refractivity contribution in [3.8, 4) is 5.75 Å². The van der Waals surface area contributed by atoms with E-state index in [9.17, 15) is 18.7 Å². The molecule has 0 saturated carbocycles. The Bertz CT molecular complexity index is 569. The standard InChI is InChI=1S/C11H8F2N2O3/c12-10(13)8-5-9(15-18-8)14-11(17)6-2-1-3-7(16)4-6/h1-5,10,16H,(H,14,15,17). The first-order valence-electron chi connectivity index (χ1n) is 4.91. The Balaban J connectivity index is 2.11. The van der Waals surface area contributed by atoms with Gasteiger partial charge in [-0.25, -0.2) is 8.78 Å². The molecular formula is C11H8F2N2O3. The summed E-state index contributed by atoms with van der Waals surface area (Å²) < 4.78 is 28.8. The van der Waals surface area contributed by atoms with Gasteiger partial charge < -0.3 is 14.9 Å². The first-order chi connectivity index (χ1) is 8.56. The number of anilines is 1. The minimum atomic E-state index is -2.79. The fraction of sp³-hybridized carbons (Fsp3) is 0.0909. The molecule has 0 atom stereocenters. The van der Waals surface area contributed by atoms with Crippen LogP contribution in [0.25, 0.3) is 0 Å². The van der Waals surface area contributed by atoms with E-state index in [4.69, 9.17) is 0 Å². The predicted molar refractivity (Wildman–Crippen MR) is 57.5 cm³/mol. The molecular weight excluding hydrogens is 246 g/mol. The third-order valence-corrected chi connectivity index (χ3v) is 2.09. The Labute approximate surface area is 100 Å². The normalized spacial score (nSPS) is 10.6. The fourth-order valence-corrected chi connectivity index (χ4v) is 1.29. The van der Waals surface area contributed by atoms with Crippen molar-refractivity contribution < 1.29 is 23.2 Å². The summed E-state index contributed by atoms with van der Waals surface area (Å²) in [5, 5.41) is 14.7. The van der Waals surface area contributed by atoms with E-state index in [2.05, 4.69) is 15.0 Å². The summed E-state index contributed by atoms with van der Waals surface area (Å²) in [6, 6.07) is 6.53. The molecule has 7 heteroatoms. The van der Waals surface area contributed by atoms with Gasteiger partial charge in [-0.1, -0.05) is 11.2 Å². The van der Waals surface area contributed by atoms with Crippen LogP contribution in [0.5, 0.6) is 5.75 Å². The molecule has 1 heterocycles. The van der Waals surface area contributed by atoms with Gasteiger partial charge in [-0.2, -0.15) is 0 Å². The molecule has 0 aliphatic carbocycles. The number of aromatic nitrogens is 1. The second-order valence-corrected chi connectivity index (χ2v) is 3.42. The summed E-state index contributed by atoms with van der Waals surface area (Å²) in [7, 11) is 0. The van der Waals surface area contributed by atoms with Crippen molar-refractivity contribution in [2.75, 3.05) is 5.32 Å². The summed E-state index contributed by atoms with van der Waals surface area (Å²) in [5.41, 5.74) is 0.177. The summed E-state index contributed by atoms with van der Waals surface area (Å²) in [5.74, 6) is -1.39. The predicted octanol–water partition coefficient (Wildman–Crippen LogP) is 2.57. The SMILES string of the molecule is O=C(Nc1cc(C(F)F)on1)c1cccc(O)c1. The number of hydrogen-bond acceptors (Lipinski definition) is 4. The number of nitrogens with one attached hydrogen (secondary N) is 1. The zero-order valence-corrected chi connectivity index (χ0v) is 8.93. The van der Waals surface area contributed by atoms with E-state index < -0.39 is 18.1 Å². The van der Waals surface area contributed by atoms with Crippen LogP contribution in [-0.4, -0.2) is 16.2 Å². The Kier molecular flexibility index (Phi) is 3.22. The number of benzene rings is 1. The number of carbonyl (C=O) groups is 1. The average Bonchev–Trinajstić information content (AvgIpc) is 2.77. The van der Waals surface area contributed by atoms with Crippen LogP contribution in [0.1, 0.15) is 22.5 Å². The van der Waals surface area contributed by atoms with Gasteiger partial charge in [0.1, 0.15) is 5.75 Å². The molecule has 0 radical (unpaired) electrons. The van der Waals surface area contributed by atoms with Gasteiger partial charge in [0.25, 0.3) is 12.3 Å². The third kappa shape index (κ3) is 2.62. The molecule has 0 aliphatic heterocycles. The number of alkyl halides is 2. The van der Waals surface area contributed by atoms with Crippen LogP contribution in [0.15, 0.2) is 34.9 Å². The van der Waals surface area contributed by atoms with E-state index in [0.717, 1.165) is 6.07 Å². The van der Waals surface area contributed by atoms with Crippen LogP contribution < -0.4 is 5.32 Å². The molecule has 1 aromatic carbocycles. The summed E-state index contributed by atoms with van der Waals surface area (Å²) >= 11 is 0. The number of nitrogens with zero attached hydrogens (tertiary/aromatic N) is 1. The van der Waals surface area contributed by atoms with Crippen molar-refractivity contribution >= 4 is 11.7 Å². The molecule has 0 unspecified atom stereocenters. The summed E-state index contributed by atoms with van der Waals surface area (Å²) in [4.78, 5) is 11.7. The minimum absolute atomic E-state index is 0.0731. The van der Waals surface area contributed by atoms with Crippen molar-refractivity contribution in [3.05, 3.63) is 41.7 Å². The monoisotopic (exact) mass is 254 g/mol. The maximum atomic E-state index is 12.2. The highest BCUT2D eigenvalue weighted by atomic mass is 19.3. The molecule has 0 bridgehead atoms. The Hall–Kier alpha value is -2.44. The molecule has 18 heavy (non-hydrogen) atoms. The lowest BCUT2D eigenvalue weighted by atomic mass is 10.2. The molecule has 1 aromatic heterocycles. The van der Waals surface area contributed by atoms with E-state index >= 15 is 0 Å². The molecule has 2 N–H and O–H groups in total. The largest absolute Gasteiger partial charge is 0.508 e. The molecule has 2 rings (SSSR count). The van der Waals surface area contributed by atoms with Gasteiger partial charge in [0, 0.05) is 11.6 Å². The van der Waals surface area contributed by atoms with E-state index in [-0.39, 0.29) is 17.1 Å². The van der Waals surface area contributed by atoms with Crippen molar-refractivity contribution in [1.82, 2.24) is 5.16 Å². The first kappa shape index (κ1) is 12.0. The van der Waals surface area contributed by atoms with Crippen LogP contribution in [0.3, 0.4) is 0 Å². The topological polar surface area (TPSA) is 75.4 Å². The highest BCUT2D eigenvalue weighted by molar-refractivity contribution is 6.03. The van der Waals surface area contributed by atoms with Crippen LogP contribution in [0.4, 0.5) is 14.6 Å². The highest BCUT2D eigenvalue weighted by Gasteiger charge is 2.16. The van der Waals surface area contributed by atoms with Gasteiger partial charge in [0.05, 0.1) is 0 Å². The minimum Gasteiger partial charge on any atom is -0.508 e. The molecule has 5 nitrogen and oxygen atoms in total. The maximum Gasteiger partial charge on any atom is 0.298 e. The van der Waals surface area contributed by atoms with Crippen LogP contribution in [-0.2, 0) is 0 Å². The van der Waals surface area contributed by atoms with Crippen molar-refractivity contribution in [2.45, 2.75) is 6.43 Å². The van der Waals surface area contributed by atoms with E-state index in [0.29, 0.717) is 0 Å². The average molecular weight is 254 g/mol. The number of phenols is 1. The van der Waals surface area contributed by atoms with E-state index in [1.807, 2.05) is 0 Å². The number of halogens is 2. The smallest absolute Gasteiger partial charge is 0.298 e. The van der Waals surface area contributed by atoms with Crippen molar-refractivity contribution in [2.24, 2.45) is 0 Å². The quantitative estimate of drug-likeness (QED) is 0.882. The number of hydrogen-bond donors (Lipinski definition) is 2. The Morgan fingerprint density at radius 2 is 2.17 bits per heavy atom. The van der Waals surface area contributed by atoms with Crippen molar-refractivity contribution in [3.63, 3.8) is 0 Å². The number of phenolic OH excluding ortho intramolecular Hbond substituents is 1. The molecule has 1 amide bonds. The summed E-state index contributed by atoms with van der Waals surface area (Å²) in [6.45, 7) is 0. The lowest BCUT2D eigenvalue weighted by Crippen LogP contribution is -2.11. The first-order valence-corrected chi connectivity index (χ1v) is 4.91. The van der Waals surface area contributed by atoms with Gasteiger partial charge in [-0.05, 0) is 18.2 Å². The Morgan fingerprint density at radius 3 is 2.78 bits per heavy atom. The summed E-state index contributed by atoms with van der Waals surface area (Å²) in [6.07, 6.45) is -2.79. The van der Waals surface area contributed by atoms with E-state index in [1.54, 1.807) is 0 Å². The second kappa shape index (κ2) is 4.82. The van der Waals surface area contributed by atoms with Gasteiger partial charge in [-0.3, -0.25) is 4.79 Å². The maximum absolute atomic E-state index is 12.2. The highest BCUT2D eigenvalue weighted by Crippen LogP contribution is 2.21. The van der Waals surface area contributed by atoms with Crippen LogP contribution >= 0.6 is 0 Å². The molecule has 0 spiro atoms. The van der Waals surface area contributed by atoms with Gasteiger partial charge in [0.2, 0.25) is 5.76 Å². The van der Waals surface area contributed by atoms with Crippen LogP contribution in [0, 0.1) is 0 Å². The fourth-order valence-electron chi connectivity index (χ4n) is 1.29. The van der Waals surface area contributed by atoms with Crippen molar-refractivity contribution in [1.29, 1.82) is 0 Å². The van der Waals surface area contributed by atoms with Gasteiger partial charge >= 0.3 is 0 Å². The zero-order valence-electron chi connectivity index (χ0n) is 8.93. The third-order valence-electron chi connectivity index (χ3n) is 2.09. The lowest BCUT2D eigenvalue weighted by Gasteiger charge is -2.01. The number of carbonyl (C=O) groups excluding carboxylic acids is 1. The number of amides is 1. The number of rotatable bonds is 3. The van der Waals surface area contributed by atoms with Gasteiger partial charge in [0.15, 0.2) is 5.82 Å². The molecule has 2 aromatic rings. The molecule has 0 saturated heterocycles.